The second-order valence-corrected chi connectivity index (χ2v) is 8.90. The molecule has 3 aromatic carbocycles. The van der Waals surface area contributed by atoms with Crippen LogP contribution in [0.2, 0.25) is 0 Å². The molecule has 0 aliphatic carbocycles. The lowest BCUT2D eigenvalue weighted by Gasteiger charge is -2.24. The zero-order valence-corrected chi connectivity index (χ0v) is 18.9. The predicted molar refractivity (Wildman–Crippen MR) is 125 cm³/mol. The number of carbonyl (C=O) groups excluding carboxylic acids is 1. The highest BCUT2D eigenvalue weighted by molar-refractivity contribution is 7.92. The Labute approximate surface area is 191 Å². The summed E-state index contributed by atoms with van der Waals surface area (Å²) in [5, 5.41) is 13.7. The van der Waals surface area contributed by atoms with Gasteiger partial charge in [-0.1, -0.05) is 31.2 Å². The van der Waals surface area contributed by atoms with Crippen molar-refractivity contribution in [1.29, 1.82) is 0 Å². The molecule has 10 heteroatoms. The van der Waals surface area contributed by atoms with Crippen LogP contribution in [0.1, 0.15) is 12.5 Å². The van der Waals surface area contributed by atoms with Gasteiger partial charge >= 0.3 is 0 Å². The Morgan fingerprint density at radius 2 is 1.73 bits per heavy atom. The van der Waals surface area contributed by atoms with E-state index in [1.807, 2.05) is 13.0 Å². The van der Waals surface area contributed by atoms with Crippen molar-refractivity contribution in [1.82, 2.24) is 0 Å². The van der Waals surface area contributed by atoms with Gasteiger partial charge in [0.25, 0.3) is 15.7 Å². The lowest BCUT2D eigenvalue weighted by Crippen LogP contribution is -2.38. The van der Waals surface area contributed by atoms with Crippen LogP contribution >= 0.6 is 0 Å². The van der Waals surface area contributed by atoms with Gasteiger partial charge in [0.15, 0.2) is 0 Å². The largest absolute Gasteiger partial charge is 0.495 e. The highest BCUT2D eigenvalue weighted by Gasteiger charge is 2.28. The molecule has 0 radical (unpaired) electrons. The van der Waals surface area contributed by atoms with E-state index in [4.69, 9.17) is 4.74 Å². The highest BCUT2D eigenvalue weighted by atomic mass is 32.2. The normalized spacial score (nSPS) is 11.0. The van der Waals surface area contributed by atoms with Gasteiger partial charge in [-0.05, 0) is 48.4 Å². The van der Waals surface area contributed by atoms with Crippen LogP contribution in [-0.4, -0.2) is 32.9 Å². The van der Waals surface area contributed by atoms with Gasteiger partial charge in [-0.15, -0.1) is 0 Å². The number of nitro groups is 1. The molecule has 9 nitrogen and oxygen atoms in total. The zero-order chi connectivity index (χ0) is 24.0. The molecule has 0 aromatic heterocycles. The molecule has 0 unspecified atom stereocenters. The molecular formula is C23H23N3O6S. The molecule has 172 valence electrons. The van der Waals surface area contributed by atoms with Crippen LogP contribution in [0.3, 0.4) is 0 Å². The third-order valence-corrected chi connectivity index (χ3v) is 6.70. The number of nitrogens with zero attached hydrogens (tertiary/aromatic N) is 2. The Bertz CT molecular complexity index is 1240. The third kappa shape index (κ3) is 5.47. The first-order valence-electron chi connectivity index (χ1n) is 10.0. The lowest BCUT2D eigenvalue weighted by atomic mass is 10.1. The molecule has 0 aliphatic rings. The summed E-state index contributed by atoms with van der Waals surface area (Å²) in [6.07, 6.45) is 0.740. The summed E-state index contributed by atoms with van der Waals surface area (Å²) in [7, 11) is -2.66. The molecule has 0 atom stereocenters. The monoisotopic (exact) mass is 469 g/mol. The van der Waals surface area contributed by atoms with Crippen LogP contribution in [0.15, 0.2) is 77.7 Å². The number of nitro benzene ring substituents is 1. The minimum absolute atomic E-state index is 0.0123. The minimum Gasteiger partial charge on any atom is -0.495 e. The van der Waals surface area contributed by atoms with Crippen molar-refractivity contribution in [2.75, 3.05) is 23.3 Å². The molecule has 0 aliphatic heterocycles. The number of aryl methyl sites for hydroxylation is 1. The average Bonchev–Trinajstić information content (AvgIpc) is 2.83. The number of hydrogen-bond donors (Lipinski definition) is 1. The molecular weight excluding hydrogens is 446 g/mol. The van der Waals surface area contributed by atoms with Gasteiger partial charge in [0, 0.05) is 12.1 Å². The number of non-ortho nitro benzene ring substituents is 1. The Kier molecular flexibility index (Phi) is 7.29. The van der Waals surface area contributed by atoms with Crippen LogP contribution in [0, 0.1) is 10.1 Å². The number of amides is 1. The smallest absolute Gasteiger partial charge is 0.269 e. The van der Waals surface area contributed by atoms with E-state index in [0.29, 0.717) is 11.4 Å². The maximum atomic E-state index is 13.4. The predicted octanol–water partition coefficient (Wildman–Crippen LogP) is 4.00. The first-order valence-corrected chi connectivity index (χ1v) is 11.5. The van der Waals surface area contributed by atoms with E-state index in [0.717, 1.165) is 16.3 Å². The molecule has 1 N–H and O–H groups in total. The van der Waals surface area contributed by atoms with Crippen molar-refractivity contribution < 1.29 is 22.9 Å². The Hall–Kier alpha value is -3.92. The van der Waals surface area contributed by atoms with Gasteiger partial charge in [0.2, 0.25) is 5.91 Å². The van der Waals surface area contributed by atoms with Gasteiger partial charge < -0.3 is 10.1 Å². The maximum Gasteiger partial charge on any atom is 0.269 e. The summed E-state index contributed by atoms with van der Waals surface area (Å²) < 4.78 is 32.9. The summed E-state index contributed by atoms with van der Waals surface area (Å²) in [5.74, 6) is -0.159. The van der Waals surface area contributed by atoms with Crippen LogP contribution in [0.4, 0.5) is 17.1 Å². The maximum absolute atomic E-state index is 13.4. The van der Waals surface area contributed by atoms with E-state index < -0.39 is 27.4 Å². The summed E-state index contributed by atoms with van der Waals surface area (Å²) in [6.45, 7) is 1.42. The zero-order valence-electron chi connectivity index (χ0n) is 18.1. The Morgan fingerprint density at radius 3 is 2.30 bits per heavy atom. The number of benzene rings is 3. The summed E-state index contributed by atoms with van der Waals surface area (Å²) >= 11 is 0. The number of sulfonamides is 1. The molecule has 0 heterocycles. The minimum atomic E-state index is -4.13. The standard InChI is InChI=1S/C23H23N3O6S/c1-3-17-9-14-22(32-2)21(15-17)24-23(27)16-25(18-10-12-19(13-11-18)26(28)29)33(30,31)20-7-5-4-6-8-20/h4-15H,3,16H2,1-2H3,(H,24,27). The van der Waals surface area contributed by atoms with Gasteiger partial charge in [0.05, 0.1) is 28.3 Å². The van der Waals surface area contributed by atoms with Gasteiger partial charge in [-0.25, -0.2) is 8.42 Å². The van der Waals surface area contributed by atoms with Crippen molar-refractivity contribution in [3.63, 3.8) is 0 Å². The molecule has 3 aromatic rings. The molecule has 1 amide bonds. The van der Waals surface area contributed by atoms with Gasteiger partial charge in [-0.3, -0.25) is 19.2 Å². The van der Waals surface area contributed by atoms with E-state index >= 15 is 0 Å². The summed E-state index contributed by atoms with van der Waals surface area (Å²) in [4.78, 5) is 23.3. The molecule has 0 saturated carbocycles. The number of ether oxygens (including phenoxy) is 1. The number of hydrogen-bond acceptors (Lipinski definition) is 6. The molecule has 0 fully saturated rings. The second-order valence-electron chi connectivity index (χ2n) is 7.03. The molecule has 33 heavy (non-hydrogen) atoms. The van der Waals surface area contributed by atoms with E-state index in [2.05, 4.69) is 5.32 Å². The lowest BCUT2D eigenvalue weighted by molar-refractivity contribution is -0.384. The second kappa shape index (κ2) is 10.1. The van der Waals surface area contributed by atoms with E-state index in [1.54, 1.807) is 30.3 Å². The van der Waals surface area contributed by atoms with E-state index in [1.165, 1.54) is 43.5 Å². The fourth-order valence-electron chi connectivity index (χ4n) is 3.17. The molecule has 0 spiro atoms. The van der Waals surface area contributed by atoms with Crippen molar-refractivity contribution >= 4 is 33.0 Å². The fraction of sp³-hybridized carbons (Fsp3) is 0.174. The number of rotatable bonds is 9. The first-order chi connectivity index (χ1) is 15.8. The summed E-state index contributed by atoms with van der Waals surface area (Å²) in [5.41, 5.74) is 1.31. The van der Waals surface area contributed by atoms with Crippen molar-refractivity contribution in [3.8, 4) is 5.75 Å². The molecule has 3 rings (SSSR count). The van der Waals surface area contributed by atoms with Crippen LogP contribution in [0.5, 0.6) is 5.75 Å². The van der Waals surface area contributed by atoms with Gasteiger partial charge in [-0.2, -0.15) is 0 Å². The van der Waals surface area contributed by atoms with Crippen molar-refractivity contribution in [3.05, 3.63) is 88.5 Å². The fourth-order valence-corrected chi connectivity index (χ4v) is 4.61. The Balaban J connectivity index is 1.96. The van der Waals surface area contributed by atoms with Crippen molar-refractivity contribution in [2.45, 2.75) is 18.2 Å². The van der Waals surface area contributed by atoms with E-state index in [9.17, 15) is 23.3 Å². The third-order valence-electron chi connectivity index (χ3n) is 4.91. The number of methoxy groups -OCH3 is 1. The van der Waals surface area contributed by atoms with Crippen LogP contribution in [0.25, 0.3) is 0 Å². The number of carbonyl (C=O) groups is 1. The van der Waals surface area contributed by atoms with Crippen molar-refractivity contribution in [2.24, 2.45) is 0 Å². The quantitative estimate of drug-likeness (QED) is 0.374. The number of nitrogens with one attached hydrogen (secondary N) is 1. The molecule has 0 saturated heterocycles. The first kappa shape index (κ1) is 23.7. The Morgan fingerprint density at radius 1 is 1.06 bits per heavy atom. The van der Waals surface area contributed by atoms with E-state index in [-0.39, 0.29) is 16.3 Å². The molecule has 0 bridgehead atoms. The van der Waals surface area contributed by atoms with Crippen LogP contribution < -0.4 is 14.4 Å². The highest BCUT2D eigenvalue weighted by Crippen LogP contribution is 2.28. The SMILES string of the molecule is CCc1ccc(OC)c(NC(=O)CN(c2ccc([N+](=O)[O-])cc2)S(=O)(=O)c2ccccc2)c1. The van der Waals surface area contributed by atoms with Gasteiger partial charge in [0.1, 0.15) is 12.3 Å². The summed E-state index contributed by atoms with van der Waals surface area (Å²) in [6, 6.07) is 18.0. The van der Waals surface area contributed by atoms with Crippen LogP contribution in [-0.2, 0) is 21.2 Å². The topological polar surface area (TPSA) is 119 Å². The number of anilines is 2. The average molecular weight is 470 g/mol.